The Bertz CT molecular complexity index is 964. The molecule has 1 aromatic carbocycles. The van der Waals surface area contributed by atoms with Crippen molar-refractivity contribution < 1.29 is 14.4 Å². The molecule has 0 spiro atoms. The van der Waals surface area contributed by atoms with Gasteiger partial charge >= 0.3 is 0 Å². The van der Waals surface area contributed by atoms with Gasteiger partial charge in [-0.25, -0.2) is 0 Å². The molecule has 2 aromatic rings. The summed E-state index contributed by atoms with van der Waals surface area (Å²) in [4.78, 5) is 40.5. The highest BCUT2D eigenvalue weighted by Gasteiger charge is 2.19. The Morgan fingerprint density at radius 3 is 2.29 bits per heavy atom. The number of anilines is 1. The summed E-state index contributed by atoms with van der Waals surface area (Å²) in [5.41, 5.74) is 3.33. The second kappa shape index (κ2) is 16.0. The molecule has 0 radical (unpaired) electrons. The monoisotopic (exact) mass is 523 g/mol. The zero-order valence-electron chi connectivity index (χ0n) is 23.7. The van der Waals surface area contributed by atoms with Crippen LogP contribution in [0.3, 0.4) is 0 Å². The Morgan fingerprint density at radius 2 is 1.84 bits per heavy atom. The molecule has 8 heteroatoms. The fourth-order valence-corrected chi connectivity index (χ4v) is 4.36. The van der Waals surface area contributed by atoms with E-state index < -0.39 is 0 Å². The molecule has 0 aliphatic carbocycles. The van der Waals surface area contributed by atoms with Gasteiger partial charge in [0.25, 0.3) is 0 Å². The van der Waals surface area contributed by atoms with E-state index in [0.29, 0.717) is 6.54 Å². The van der Waals surface area contributed by atoms with Crippen LogP contribution >= 0.6 is 0 Å². The number of hydrogen-bond acceptors (Lipinski definition) is 7. The van der Waals surface area contributed by atoms with Gasteiger partial charge in [-0.15, -0.1) is 0 Å². The van der Waals surface area contributed by atoms with Crippen molar-refractivity contribution in [1.82, 2.24) is 20.5 Å². The van der Waals surface area contributed by atoms with Gasteiger partial charge < -0.3 is 30.0 Å². The number of hydrogen-bond donors (Lipinski definition) is 2. The van der Waals surface area contributed by atoms with E-state index in [0.717, 1.165) is 56.3 Å². The van der Waals surface area contributed by atoms with E-state index in [4.69, 9.17) is 0 Å². The molecule has 1 amide bonds. The Labute approximate surface area is 228 Å². The number of carbonyl (C=O) groups is 3. The summed E-state index contributed by atoms with van der Waals surface area (Å²) in [6.07, 6.45) is 9.92. The molecule has 0 bridgehead atoms. The molecule has 0 saturated carbocycles. The first-order chi connectivity index (χ1) is 18.2. The lowest BCUT2D eigenvalue weighted by Crippen LogP contribution is -2.34. The van der Waals surface area contributed by atoms with Gasteiger partial charge in [-0.05, 0) is 74.0 Å². The van der Waals surface area contributed by atoms with Gasteiger partial charge in [0.2, 0.25) is 5.91 Å². The molecule has 38 heavy (non-hydrogen) atoms. The molecule has 2 aliphatic rings. The maximum absolute atomic E-state index is 11.5. The van der Waals surface area contributed by atoms with E-state index >= 15 is 0 Å². The summed E-state index contributed by atoms with van der Waals surface area (Å²) >= 11 is 0. The lowest BCUT2D eigenvalue weighted by molar-refractivity contribution is -0.129. The van der Waals surface area contributed by atoms with E-state index in [1.807, 2.05) is 29.0 Å². The van der Waals surface area contributed by atoms with Crippen LogP contribution in [0, 0.1) is 0 Å². The lowest BCUT2D eigenvalue weighted by Gasteiger charge is -2.27. The molecule has 1 aromatic heterocycles. The third-order valence-corrected chi connectivity index (χ3v) is 6.76. The smallest absolute Gasteiger partial charge is 0.236 e. The Hall–Kier alpha value is -3.10. The fourth-order valence-electron chi connectivity index (χ4n) is 4.36. The van der Waals surface area contributed by atoms with Gasteiger partial charge in [0, 0.05) is 38.2 Å². The van der Waals surface area contributed by atoms with Crippen LogP contribution in [-0.4, -0.2) is 74.7 Å². The van der Waals surface area contributed by atoms with Crippen molar-refractivity contribution in [2.24, 2.45) is 0 Å². The quantitative estimate of drug-likeness (QED) is 0.536. The molecule has 2 N–H and O–H groups in total. The molecule has 2 saturated heterocycles. The Balaban J connectivity index is 0.000000244. The second-order valence-corrected chi connectivity index (χ2v) is 10.7. The summed E-state index contributed by atoms with van der Waals surface area (Å²) < 4.78 is 0. The minimum atomic E-state index is -0.320. The minimum Gasteiger partial charge on any atom is -0.361 e. The van der Waals surface area contributed by atoms with Crippen LogP contribution in [-0.2, 0) is 19.8 Å². The number of nitrogens with zero attached hydrogens (tertiary/aromatic N) is 3. The van der Waals surface area contributed by atoms with Crippen LogP contribution in [0.4, 0.5) is 5.69 Å². The molecule has 8 nitrogen and oxygen atoms in total. The van der Waals surface area contributed by atoms with Gasteiger partial charge in [-0.3, -0.25) is 9.78 Å². The SMILES string of the molecule is CN(c1ccc(C(C)(C)C)cc1)C(C=O)c1cccnc1.CNCC(=O)N1CCCC1.O=CC1CCCN1. The van der Waals surface area contributed by atoms with Crippen LogP contribution in [0.5, 0.6) is 0 Å². The number of nitrogens with one attached hydrogen (secondary N) is 2. The van der Waals surface area contributed by atoms with Crippen molar-refractivity contribution in [3.05, 3.63) is 59.9 Å². The van der Waals surface area contributed by atoms with Crippen molar-refractivity contribution in [1.29, 1.82) is 0 Å². The normalized spacial score (nSPS) is 17.4. The van der Waals surface area contributed by atoms with Crippen LogP contribution < -0.4 is 15.5 Å². The molecular weight excluding hydrogens is 478 g/mol. The zero-order chi connectivity index (χ0) is 28.0. The van der Waals surface area contributed by atoms with Crippen LogP contribution in [0.15, 0.2) is 48.8 Å². The highest BCUT2D eigenvalue weighted by molar-refractivity contribution is 5.78. The van der Waals surface area contributed by atoms with Crippen LogP contribution in [0.25, 0.3) is 0 Å². The molecule has 2 fully saturated rings. The number of likely N-dealkylation sites (N-methyl/N-ethyl adjacent to an activating group) is 2. The Kier molecular flexibility index (Phi) is 13.1. The number of carbonyl (C=O) groups excluding carboxylic acids is 3. The summed E-state index contributed by atoms with van der Waals surface area (Å²) in [5.74, 6) is 0.236. The zero-order valence-corrected chi connectivity index (χ0v) is 23.7. The summed E-state index contributed by atoms with van der Waals surface area (Å²) in [5, 5.41) is 5.89. The van der Waals surface area contributed by atoms with Gasteiger partial charge in [0.05, 0.1) is 12.6 Å². The molecule has 2 unspecified atom stereocenters. The van der Waals surface area contributed by atoms with Crippen molar-refractivity contribution in [2.45, 2.75) is 64.0 Å². The van der Waals surface area contributed by atoms with Gasteiger partial charge in [0.15, 0.2) is 0 Å². The first kappa shape index (κ1) is 31.1. The van der Waals surface area contributed by atoms with Crippen LogP contribution in [0.2, 0.25) is 0 Å². The van der Waals surface area contributed by atoms with E-state index in [2.05, 4.69) is 60.7 Å². The first-order valence-corrected chi connectivity index (χ1v) is 13.5. The minimum absolute atomic E-state index is 0.129. The average molecular weight is 524 g/mol. The predicted octanol–water partition coefficient (Wildman–Crippen LogP) is 3.52. The van der Waals surface area contributed by atoms with Gasteiger partial charge in [-0.2, -0.15) is 0 Å². The number of aromatic nitrogens is 1. The summed E-state index contributed by atoms with van der Waals surface area (Å²) in [7, 11) is 3.73. The predicted molar refractivity (Wildman–Crippen MR) is 153 cm³/mol. The molecule has 2 atom stereocenters. The molecule has 208 valence electrons. The van der Waals surface area contributed by atoms with Crippen LogP contribution in [0.1, 0.15) is 63.6 Å². The number of amides is 1. The van der Waals surface area contributed by atoms with E-state index in [1.54, 1.807) is 19.4 Å². The van der Waals surface area contributed by atoms with E-state index in [9.17, 15) is 14.4 Å². The average Bonchev–Trinajstić information content (AvgIpc) is 3.65. The van der Waals surface area contributed by atoms with Gasteiger partial charge in [-0.1, -0.05) is 39.0 Å². The maximum atomic E-state index is 11.5. The molecule has 3 heterocycles. The third-order valence-electron chi connectivity index (χ3n) is 6.76. The van der Waals surface area contributed by atoms with Crippen molar-refractivity contribution in [2.75, 3.05) is 45.2 Å². The maximum Gasteiger partial charge on any atom is 0.236 e. The number of benzene rings is 1. The largest absolute Gasteiger partial charge is 0.361 e. The Morgan fingerprint density at radius 1 is 1.16 bits per heavy atom. The van der Waals surface area contributed by atoms with Gasteiger partial charge in [0.1, 0.15) is 18.6 Å². The number of rotatable bonds is 7. The van der Waals surface area contributed by atoms with E-state index in [-0.39, 0.29) is 23.4 Å². The number of pyridine rings is 1. The summed E-state index contributed by atoms with van der Waals surface area (Å²) in [6.45, 7) is 9.99. The van der Waals surface area contributed by atoms with E-state index in [1.165, 1.54) is 18.4 Å². The summed E-state index contributed by atoms with van der Waals surface area (Å²) in [6, 6.07) is 12.0. The third kappa shape index (κ3) is 9.99. The number of likely N-dealkylation sites (tertiary alicyclic amines) is 1. The topological polar surface area (TPSA) is 94.6 Å². The highest BCUT2D eigenvalue weighted by Crippen LogP contribution is 2.28. The van der Waals surface area contributed by atoms with Crippen molar-refractivity contribution >= 4 is 24.2 Å². The molecule has 4 rings (SSSR count). The highest BCUT2D eigenvalue weighted by atomic mass is 16.2. The fraction of sp³-hybridized carbons (Fsp3) is 0.533. The molecule has 2 aliphatic heterocycles. The standard InChI is InChI=1S/C18H22N2O.C7H14N2O.C5H9NO/c1-18(2,3)15-7-9-16(10-8-15)20(4)17(13-21)14-6-5-11-19-12-14;1-8-6-7(10)9-4-2-3-5-9;7-4-5-2-1-3-6-5/h5-13,17H,1-4H3;8H,2-6H2,1H3;4-6H,1-3H2. The lowest BCUT2D eigenvalue weighted by atomic mass is 9.87. The number of aldehydes is 2. The second-order valence-electron chi connectivity index (χ2n) is 10.7. The van der Waals surface area contributed by atoms with Crippen molar-refractivity contribution in [3.63, 3.8) is 0 Å². The molecular formula is C30H45N5O3. The first-order valence-electron chi connectivity index (χ1n) is 13.5. The van der Waals surface area contributed by atoms with Crippen molar-refractivity contribution in [3.8, 4) is 0 Å².